The minimum Gasteiger partial charge on any atom is -0.456 e. The first-order valence-electron chi connectivity index (χ1n) is 11.7. The van der Waals surface area contributed by atoms with Crippen molar-refractivity contribution in [2.45, 2.75) is 71.4 Å². The van der Waals surface area contributed by atoms with Crippen LogP contribution in [0.4, 0.5) is 0 Å². The van der Waals surface area contributed by atoms with Gasteiger partial charge in [0.05, 0.1) is 11.3 Å². The van der Waals surface area contributed by atoms with E-state index in [0.717, 1.165) is 11.0 Å². The van der Waals surface area contributed by atoms with Crippen molar-refractivity contribution in [2.24, 2.45) is 0 Å². The number of rotatable bonds is 5. The fourth-order valence-corrected chi connectivity index (χ4v) is 5.54. The second-order valence-corrected chi connectivity index (χ2v) is 16.4. The van der Waals surface area contributed by atoms with Crippen molar-refractivity contribution >= 4 is 31.1 Å². The maximum atomic E-state index is 12.8. The molecule has 8 nitrogen and oxygen atoms in total. The van der Waals surface area contributed by atoms with Crippen LogP contribution in [0, 0.1) is 0 Å². The summed E-state index contributed by atoms with van der Waals surface area (Å²) in [7, 11) is -0.481. The molecule has 35 heavy (non-hydrogen) atoms. The standard InChI is InChI=1S/C26H36N4O4Si/c1-25(2,3)34-24(33)16-14-19(29-20(15-16)23(32)27-7)21(31)17-10-12-28-22-18(17)11-13-30(22)35(8,9)26(4,5)6/h10-15,21,31H,1-9H3,(H,27,32). The summed E-state index contributed by atoms with van der Waals surface area (Å²) in [6.07, 6.45) is 2.52. The number of ether oxygens (including phenoxy) is 1. The van der Waals surface area contributed by atoms with Gasteiger partial charge in [-0.05, 0) is 61.8 Å². The summed E-state index contributed by atoms with van der Waals surface area (Å²) < 4.78 is 7.74. The quantitative estimate of drug-likeness (QED) is 0.392. The van der Waals surface area contributed by atoms with Gasteiger partial charge in [-0.2, -0.15) is 0 Å². The summed E-state index contributed by atoms with van der Waals surface area (Å²) in [4.78, 5) is 34.2. The molecule has 1 unspecified atom stereocenters. The van der Waals surface area contributed by atoms with E-state index in [1.165, 1.54) is 19.2 Å². The van der Waals surface area contributed by atoms with Gasteiger partial charge in [0, 0.05) is 18.6 Å². The fourth-order valence-electron chi connectivity index (χ4n) is 3.66. The van der Waals surface area contributed by atoms with Crippen molar-refractivity contribution in [3.63, 3.8) is 0 Å². The summed E-state index contributed by atoms with van der Waals surface area (Å²) in [5.41, 5.74) is 1.03. The number of nitrogens with zero attached hydrogens (tertiary/aromatic N) is 3. The van der Waals surface area contributed by atoms with E-state index in [1.807, 2.05) is 12.3 Å². The molecule has 2 N–H and O–H groups in total. The number of carbonyl (C=O) groups is 2. The number of nitrogens with one attached hydrogen (secondary N) is 1. The molecule has 0 saturated heterocycles. The molecule has 3 aromatic heterocycles. The Balaban J connectivity index is 2.14. The topological polar surface area (TPSA) is 106 Å². The maximum absolute atomic E-state index is 12.8. The van der Waals surface area contributed by atoms with Crippen LogP contribution in [0.5, 0.6) is 0 Å². The molecule has 0 saturated carbocycles. The average molecular weight is 497 g/mol. The third-order valence-corrected chi connectivity index (χ3v) is 11.8. The van der Waals surface area contributed by atoms with E-state index in [-0.39, 0.29) is 22.0 Å². The average Bonchev–Trinajstić information content (AvgIpc) is 3.20. The predicted octanol–water partition coefficient (Wildman–Crippen LogP) is 4.68. The van der Waals surface area contributed by atoms with Gasteiger partial charge in [-0.1, -0.05) is 33.9 Å². The lowest BCUT2D eigenvalue weighted by atomic mass is 10.0. The largest absolute Gasteiger partial charge is 0.456 e. The number of esters is 1. The monoisotopic (exact) mass is 496 g/mol. The SMILES string of the molecule is CNC(=O)c1cc(C(=O)OC(C)(C)C)cc(C(O)c2ccnc3c2ccn3[Si](C)(C)C(C)(C)C)n1. The van der Waals surface area contributed by atoms with Crippen LogP contribution in [0.25, 0.3) is 11.0 Å². The van der Waals surface area contributed by atoms with Crippen molar-refractivity contribution in [2.75, 3.05) is 7.05 Å². The van der Waals surface area contributed by atoms with Gasteiger partial charge in [0.1, 0.15) is 23.0 Å². The normalized spacial score (nSPS) is 13.5. The van der Waals surface area contributed by atoms with Crippen molar-refractivity contribution in [1.82, 2.24) is 19.5 Å². The molecule has 0 bridgehead atoms. The minimum absolute atomic E-state index is 0.0223. The lowest BCUT2D eigenvalue weighted by Crippen LogP contribution is -2.45. The van der Waals surface area contributed by atoms with Crippen molar-refractivity contribution < 1.29 is 19.4 Å². The van der Waals surface area contributed by atoms with Gasteiger partial charge in [0.15, 0.2) is 8.24 Å². The molecule has 0 aliphatic heterocycles. The van der Waals surface area contributed by atoms with Gasteiger partial charge in [-0.3, -0.25) is 4.79 Å². The molecule has 3 aromatic rings. The van der Waals surface area contributed by atoms with E-state index in [9.17, 15) is 14.7 Å². The molecule has 1 atom stereocenters. The predicted molar refractivity (Wildman–Crippen MR) is 139 cm³/mol. The molecule has 0 radical (unpaired) electrons. The summed E-state index contributed by atoms with van der Waals surface area (Å²) in [5.74, 6) is -1.06. The van der Waals surface area contributed by atoms with Gasteiger partial charge in [0.2, 0.25) is 0 Å². The molecular formula is C26H36N4O4Si. The molecule has 3 rings (SSSR count). The van der Waals surface area contributed by atoms with Crippen LogP contribution in [0.3, 0.4) is 0 Å². The highest BCUT2D eigenvalue weighted by Gasteiger charge is 2.38. The summed E-state index contributed by atoms with van der Waals surface area (Å²) in [6.45, 7) is 16.6. The van der Waals surface area contributed by atoms with E-state index in [2.05, 4.69) is 53.4 Å². The Kier molecular flexibility index (Phi) is 6.98. The maximum Gasteiger partial charge on any atom is 0.338 e. The summed E-state index contributed by atoms with van der Waals surface area (Å²) in [6, 6.07) is 6.55. The van der Waals surface area contributed by atoms with E-state index < -0.39 is 31.8 Å². The zero-order valence-corrected chi connectivity index (χ0v) is 23.1. The Labute approximate surface area is 207 Å². The first-order chi connectivity index (χ1) is 16.1. The molecule has 1 amide bonds. The molecule has 0 fully saturated rings. The Hall–Kier alpha value is -3.04. The Bertz CT molecular complexity index is 1270. The summed E-state index contributed by atoms with van der Waals surface area (Å²) in [5, 5.41) is 14.8. The molecule has 0 aliphatic rings. The number of hydrogen-bond donors (Lipinski definition) is 2. The minimum atomic E-state index is -1.96. The number of aromatic nitrogens is 3. The molecule has 0 aliphatic carbocycles. The molecule has 0 spiro atoms. The van der Waals surface area contributed by atoms with Gasteiger partial charge in [0.25, 0.3) is 5.91 Å². The number of carbonyl (C=O) groups excluding carboxylic acids is 2. The van der Waals surface area contributed by atoms with Crippen LogP contribution < -0.4 is 5.32 Å². The Morgan fingerprint density at radius 1 is 1.11 bits per heavy atom. The second-order valence-electron chi connectivity index (χ2n) is 11.3. The van der Waals surface area contributed by atoms with Crippen LogP contribution in [0.2, 0.25) is 18.1 Å². The van der Waals surface area contributed by atoms with Gasteiger partial charge >= 0.3 is 5.97 Å². The number of pyridine rings is 2. The molecular weight excluding hydrogens is 460 g/mol. The molecule has 188 valence electrons. The smallest absolute Gasteiger partial charge is 0.338 e. The van der Waals surface area contributed by atoms with Gasteiger partial charge in [-0.15, -0.1) is 0 Å². The number of aliphatic hydroxyl groups excluding tert-OH is 1. The highest BCUT2D eigenvalue weighted by molar-refractivity contribution is 6.79. The first kappa shape index (κ1) is 26.6. The van der Waals surface area contributed by atoms with Crippen LogP contribution in [0.15, 0.2) is 36.7 Å². The lowest BCUT2D eigenvalue weighted by Gasteiger charge is -2.38. The van der Waals surface area contributed by atoms with Crippen LogP contribution in [-0.2, 0) is 4.74 Å². The molecule has 9 heteroatoms. The second kappa shape index (κ2) is 9.20. The lowest BCUT2D eigenvalue weighted by molar-refractivity contribution is 0.00690. The number of amides is 1. The molecule has 0 aromatic carbocycles. The van der Waals surface area contributed by atoms with E-state index in [0.29, 0.717) is 5.56 Å². The van der Waals surface area contributed by atoms with Gasteiger partial charge < -0.3 is 19.4 Å². The highest BCUT2D eigenvalue weighted by atomic mass is 28.3. The van der Waals surface area contributed by atoms with Crippen LogP contribution >= 0.6 is 0 Å². The summed E-state index contributed by atoms with van der Waals surface area (Å²) >= 11 is 0. The van der Waals surface area contributed by atoms with E-state index in [4.69, 9.17) is 4.74 Å². The van der Waals surface area contributed by atoms with Crippen LogP contribution in [0.1, 0.15) is 79.8 Å². The van der Waals surface area contributed by atoms with Gasteiger partial charge in [-0.25, -0.2) is 14.8 Å². The highest BCUT2D eigenvalue weighted by Crippen LogP contribution is 2.39. The van der Waals surface area contributed by atoms with Crippen molar-refractivity contribution in [3.8, 4) is 0 Å². The van der Waals surface area contributed by atoms with E-state index in [1.54, 1.807) is 33.0 Å². The fraction of sp³-hybridized carbons (Fsp3) is 0.462. The van der Waals surface area contributed by atoms with Crippen LogP contribution in [-0.4, -0.2) is 52.1 Å². The first-order valence-corrected chi connectivity index (χ1v) is 14.6. The molecule has 3 heterocycles. The van der Waals surface area contributed by atoms with Crippen molar-refractivity contribution in [3.05, 3.63) is 59.2 Å². The zero-order chi connectivity index (χ0) is 26.3. The third-order valence-electron chi connectivity index (χ3n) is 6.57. The van der Waals surface area contributed by atoms with Crippen molar-refractivity contribution in [1.29, 1.82) is 0 Å². The number of aliphatic hydroxyl groups is 1. The number of hydrogen-bond acceptors (Lipinski definition) is 6. The Morgan fingerprint density at radius 2 is 1.77 bits per heavy atom. The zero-order valence-electron chi connectivity index (χ0n) is 22.1. The Morgan fingerprint density at radius 3 is 2.34 bits per heavy atom. The van der Waals surface area contributed by atoms with E-state index >= 15 is 0 Å². The number of fused-ring (bicyclic) bond motifs is 1. The third kappa shape index (κ3) is 5.30.